The number of nitrogens with one attached hydrogen (secondary N) is 2. The van der Waals surface area contributed by atoms with E-state index in [1.165, 1.54) is 31.3 Å². The molecule has 3 aliphatic rings. The van der Waals surface area contributed by atoms with Gasteiger partial charge in [-0.3, -0.25) is 4.79 Å². The first-order valence-electron chi connectivity index (χ1n) is 11.1. The molecule has 2 N–H and O–H groups in total. The third-order valence-electron chi connectivity index (χ3n) is 7.35. The average molecular weight is 391 g/mol. The maximum absolute atomic E-state index is 13.0. The highest BCUT2D eigenvalue weighted by Crippen LogP contribution is 2.57. The maximum atomic E-state index is 13.0. The molecule has 3 heteroatoms. The van der Waals surface area contributed by atoms with Gasteiger partial charge in [0.25, 0.3) is 5.91 Å². The van der Waals surface area contributed by atoms with Crippen LogP contribution in [0, 0.1) is 17.3 Å². The van der Waals surface area contributed by atoms with E-state index >= 15 is 0 Å². The first kappa shape index (κ1) is 20.2. The van der Waals surface area contributed by atoms with E-state index in [4.69, 9.17) is 0 Å². The number of anilines is 1. The van der Waals surface area contributed by atoms with Crippen molar-refractivity contribution in [1.29, 1.82) is 0 Å². The molecule has 1 amide bonds. The fourth-order valence-corrected chi connectivity index (χ4v) is 5.69. The van der Waals surface area contributed by atoms with Gasteiger partial charge in [-0.25, -0.2) is 0 Å². The number of amides is 1. The van der Waals surface area contributed by atoms with Gasteiger partial charge in [-0.1, -0.05) is 56.7 Å². The first-order valence-corrected chi connectivity index (χ1v) is 11.1. The minimum atomic E-state index is 0.0131. The van der Waals surface area contributed by atoms with Crippen molar-refractivity contribution in [2.24, 2.45) is 17.3 Å². The molecule has 4 rings (SSSR count). The molecule has 3 aliphatic carbocycles. The smallest absolute Gasteiger partial charge is 0.251 e. The molecule has 0 bridgehead atoms. The van der Waals surface area contributed by atoms with Crippen molar-refractivity contribution in [2.45, 2.75) is 58.9 Å². The van der Waals surface area contributed by atoms with Crippen LogP contribution in [0.2, 0.25) is 0 Å². The first-order chi connectivity index (χ1) is 13.9. The van der Waals surface area contributed by atoms with E-state index in [-0.39, 0.29) is 5.91 Å². The van der Waals surface area contributed by atoms with Crippen molar-refractivity contribution in [3.8, 4) is 0 Å². The van der Waals surface area contributed by atoms with Gasteiger partial charge in [-0.15, -0.1) is 0 Å². The maximum Gasteiger partial charge on any atom is 0.251 e. The van der Waals surface area contributed by atoms with Crippen LogP contribution in [0.15, 0.2) is 64.8 Å². The van der Waals surface area contributed by atoms with E-state index in [2.05, 4.69) is 43.6 Å². The van der Waals surface area contributed by atoms with Crippen molar-refractivity contribution in [3.63, 3.8) is 0 Å². The molecule has 1 saturated carbocycles. The number of benzene rings is 1. The number of para-hydroxylation sites is 1. The summed E-state index contributed by atoms with van der Waals surface area (Å²) in [7, 11) is 2.04. The lowest BCUT2D eigenvalue weighted by molar-refractivity contribution is -0.113. The number of hydrogen-bond acceptors (Lipinski definition) is 2. The Bertz CT molecular complexity index is 877. The SMILES string of the molecule is CNC1CC(C(=O)Nc2ccccc2)=CC=C2C3=C(C(C)C)CCC3(C)CCC21. The van der Waals surface area contributed by atoms with Crippen molar-refractivity contribution >= 4 is 11.6 Å². The van der Waals surface area contributed by atoms with Gasteiger partial charge in [0.1, 0.15) is 0 Å². The summed E-state index contributed by atoms with van der Waals surface area (Å²) in [5, 5.41) is 6.61. The largest absolute Gasteiger partial charge is 0.322 e. The minimum Gasteiger partial charge on any atom is -0.322 e. The molecule has 154 valence electrons. The summed E-state index contributed by atoms with van der Waals surface area (Å²) in [5.74, 6) is 1.08. The quantitative estimate of drug-likeness (QED) is 0.699. The molecule has 0 heterocycles. The summed E-state index contributed by atoms with van der Waals surface area (Å²) >= 11 is 0. The van der Waals surface area contributed by atoms with Crippen LogP contribution in [-0.4, -0.2) is 19.0 Å². The van der Waals surface area contributed by atoms with Crippen molar-refractivity contribution < 1.29 is 4.79 Å². The van der Waals surface area contributed by atoms with Gasteiger partial charge < -0.3 is 10.6 Å². The molecule has 0 aliphatic heterocycles. The minimum absolute atomic E-state index is 0.0131. The summed E-state index contributed by atoms with van der Waals surface area (Å²) in [6, 6.07) is 10.0. The highest BCUT2D eigenvalue weighted by Gasteiger charge is 2.46. The second kappa shape index (κ2) is 7.95. The Hall–Kier alpha value is -2.13. The fourth-order valence-electron chi connectivity index (χ4n) is 5.69. The summed E-state index contributed by atoms with van der Waals surface area (Å²) < 4.78 is 0. The average Bonchev–Trinajstić information content (AvgIpc) is 2.96. The van der Waals surface area contributed by atoms with E-state index < -0.39 is 0 Å². The Balaban J connectivity index is 1.70. The van der Waals surface area contributed by atoms with E-state index in [0.29, 0.717) is 23.3 Å². The van der Waals surface area contributed by atoms with Crippen LogP contribution in [0.5, 0.6) is 0 Å². The fraction of sp³-hybridized carbons (Fsp3) is 0.500. The molecule has 0 spiro atoms. The topological polar surface area (TPSA) is 41.1 Å². The Morgan fingerprint density at radius 3 is 2.59 bits per heavy atom. The lowest BCUT2D eigenvalue weighted by Crippen LogP contribution is -2.40. The highest BCUT2D eigenvalue weighted by molar-refractivity contribution is 6.04. The van der Waals surface area contributed by atoms with Gasteiger partial charge in [-0.2, -0.15) is 0 Å². The molecule has 0 aromatic heterocycles. The Morgan fingerprint density at radius 2 is 1.90 bits per heavy atom. The molecule has 1 aromatic carbocycles. The summed E-state index contributed by atoms with van der Waals surface area (Å²) in [4.78, 5) is 13.0. The highest BCUT2D eigenvalue weighted by atomic mass is 16.1. The molecule has 3 atom stereocenters. The van der Waals surface area contributed by atoms with Gasteiger partial charge >= 0.3 is 0 Å². The second-order valence-corrected chi connectivity index (χ2v) is 9.49. The second-order valence-electron chi connectivity index (χ2n) is 9.49. The number of allylic oxidation sites excluding steroid dienone is 4. The zero-order chi connectivity index (χ0) is 20.6. The lowest BCUT2D eigenvalue weighted by atomic mass is 9.64. The van der Waals surface area contributed by atoms with Crippen LogP contribution in [0.4, 0.5) is 5.69 Å². The molecule has 3 unspecified atom stereocenters. The van der Waals surface area contributed by atoms with Crippen LogP contribution in [-0.2, 0) is 4.79 Å². The summed E-state index contributed by atoms with van der Waals surface area (Å²) in [6.07, 6.45) is 10.1. The van der Waals surface area contributed by atoms with Crippen LogP contribution in [0.1, 0.15) is 52.9 Å². The number of carbonyl (C=O) groups excluding carboxylic acids is 1. The zero-order valence-electron chi connectivity index (χ0n) is 18.2. The van der Waals surface area contributed by atoms with Gasteiger partial charge in [0.05, 0.1) is 0 Å². The monoisotopic (exact) mass is 390 g/mol. The molecule has 3 nitrogen and oxygen atoms in total. The molecular weight excluding hydrogens is 356 g/mol. The van der Waals surface area contributed by atoms with Gasteiger partial charge in [0.15, 0.2) is 0 Å². The Morgan fingerprint density at radius 1 is 1.14 bits per heavy atom. The van der Waals surface area contributed by atoms with Crippen molar-refractivity contribution in [1.82, 2.24) is 5.32 Å². The van der Waals surface area contributed by atoms with Crippen LogP contribution in [0.3, 0.4) is 0 Å². The summed E-state index contributed by atoms with van der Waals surface area (Å²) in [5.41, 5.74) is 6.77. The molecule has 29 heavy (non-hydrogen) atoms. The molecule has 1 fully saturated rings. The zero-order valence-corrected chi connectivity index (χ0v) is 18.2. The summed E-state index contributed by atoms with van der Waals surface area (Å²) in [6.45, 7) is 7.12. The van der Waals surface area contributed by atoms with Crippen LogP contribution >= 0.6 is 0 Å². The van der Waals surface area contributed by atoms with Crippen molar-refractivity contribution in [2.75, 3.05) is 12.4 Å². The van der Waals surface area contributed by atoms with Crippen LogP contribution in [0.25, 0.3) is 0 Å². The van der Waals surface area contributed by atoms with Gasteiger partial charge in [-0.05, 0) is 79.7 Å². The van der Waals surface area contributed by atoms with E-state index in [0.717, 1.165) is 17.7 Å². The lowest BCUT2D eigenvalue weighted by Gasteiger charge is -2.42. The number of hydrogen-bond donors (Lipinski definition) is 2. The molecule has 0 saturated heterocycles. The van der Waals surface area contributed by atoms with E-state index in [1.54, 1.807) is 11.1 Å². The predicted octanol–water partition coefficient (Wildman–Crippen LogP) is 5.63. The number of rotatable bonds is 4. The molecule has 1 aromatic rings. The number of fused-ring (bicyclic) bond motifs is 3. The third-order valence-corrected chi connectivity index (χ3v) is 7.35. The molecule has 0 radical (unpaired) electrons. The normalized spacial score (nSPS) is 29.0. The van der Waals surface area contributed by atoms with Gasteiger partial charge in [0, 0.05) is 17.3 Å². The predicted molar refractivity (Wildman–Crippen MR) is 121 cm³/mol. The number of carbonyl (C=O) groups is 1. The Labute approximate surface area is 175 Å². The van der Waals surface area contributed by atoms with E-state index in [9.17, 15) is 4.79 Å². The Kier molecular flexibility index (Phi) is 5.52. The van der Waals surface area contributed by atoms with E-state index in [1.807, 2.05) is 37.4 Å². The third kappa shape index (κ3) is 3.73. The molecular formula is C26H34N2O. The van der Waals surface area contributed by atoms with Gasteiger partial charge in [0.2, 0.25) is 0 Å². The van der Waals surface area contributed by atoms with Crippen molar-refractivity contribution in [3.05, 3.63) is 64.8 Å². The van der Waals surface area contributed by atoms with Crippen LogP contribution < -0.4 is 10.6 Å². The standard InChI is InChI=1S/C26H34N2O/c1-17(2)20-12-14-26(3)15-13-21-22(24(20)26)11-10-18(16-23(21)27-4)25(29)28-19-8-6-5-7-9-19/h5-11,17,21,23,27H,12-16H2,1-4H3,(H,28,29).